The van der Waals surface area contributed by atoms with Crippen molar-refractivity contribution in [3.8, 4) is 22.8 Å². The van der Waals surface area contributed by atoms with Crippen LogP contribution < -0.4 is 0 Å². The zero-order valence-electron chi connectivity index (χ0n) is 32.4. The van der Waals surface area contributed by atoms with Crippen LogP contribution in [0.2, 0.25) is 0 Å². The van der Waals surface area contributed by atoms with Gasteiger partial charge in [0, 0.05) is 44.3 Å². The Labute approximate surface area is 370 Å². The Morgan fingerprint density at radius 1 is 0.509 bits per heavy atom. The molecule has 0 radical (unpaired) electrons. The first-order valence-electron chi connectivity index (χ1n) is 18.8. The van der Waals surface area contributed by atoms with Crippen molar-refractivity contribution in [3.05, 3.63) is 151 Å². The molecular weight excluding hydrogens is 866 g/mol. The number of thiocarbonyl (C=S) groups is 2. The quantitative estimate of drug-likeness (QED) is 0.0415. The first-order chi connectivity index (χ1) is 27.5. The van der Waals surface area contributed by atoms with E-state index in [9.17, 15) is 0 Å². The maximum Gasteiger partial charge on any atom is 2.00 e. The Morgan fingerprint density at radius 3 is 1.28 bits per heavy atom. The van der Waals surface area contributed by atoms with Crippen LogP contribution in [0.25, 0.3) is 57.9 Å². The summed E-state index contributed by atoms with van der Waals surface area (Å²) in [5, 5.41) is 16.9. The summed E-state index contributed by atoms with van der Waals surface area (Å²) in [6.45, 7) is 4.53. The van der Waals surface area contributed by atoms with Gasteiger partial charge in [-0.2, -0.15) is 10.3 Å². The number of hydrogen-bond donors (Lipinski definition) is 0. The fraction of sp³-hybridized carbons (Fsp3) is 0.261. The molecule has 6 aromatic heterocycles. The molecule has 11 heteroatoms. The summed E-state index contributed by atoms with van der Waals surface area (Å²) >= 11 is 11.2. The summed E-state index contributed by atoms with van der Waals surface area (Å²) in [7, 11) is 0. The van der Waals surface area contributed by atoms with E-state index in [0.29, 0.717) is 0 Å². The third kappa shape index (κ3) is 20.1. The van der Waals surface area contributed by atoms with Crippen LogP contribution >= 0.6 is 47.1 Å². The Bertz CT molecular complexity index is 1950. The first kappa shape index (κ1) is 48.9. The molecule has 0 unspecified atom stereocenters. The molecule has 0 bridgehead atoms. The van der Waals surface area contributed by atoms with Gasteiger partial charge in [-0.1, -0.05) is 101 Å². The van der Waals surface area contributed by atoms with E-state index in [4.69, 9.17) is 10.8 Å². The van der Waals surface area contributed by atoms with Gasteiger partial charge in [0.2, 0.25) is 0 Å². The Balaban J connectivity index is 0.000000487. The first-order valence-corrected chi connectivity index (χ1v) is 21.3. The zero-order valence-corrected chi connectivity index (χ0v) is 37.4. The molecule has 294 valence electrons. The molecule has 0 saturated carbocycles. The number of aryl methyl sites for hydroxylation is 2. The van der Waals surface area contributed by atoms with E-state index >= 15 is 0 Å². The van der Waals surface area contributed by atoms with Gasteiger partial charge in [0.05, 0.1) is 22.8 Å². The van der Waals surface area contributed by atoms with Crippen LogP contribution in [-0.2, 0) is 32.3 Å². The van der Waals surface area contributed by atoms with Gasteiger partial charge in [0.15, 0.2) is 0 Å². The second-order valence-corrected chi connectivity index (χ2v) is 15.2. The molecule has 57 heavy (non-hydrogen) atoms. The number of nitrogens with zero attached hydrogens (tertiary/aromatic N) is 6. The third-order valence-corrected chi connectivity index (χ3v) is 10.4. The molecule has 0 atom stereocenters. The number of rotatable bonds is 16. The molecule has 0 amide bonds. The summed E-state index contributed by atoms with van der Waals surface area (Å²) in [6, 6.07) is 29.0. The van der Waals surface area contributed by atoms with Crippen molar-refractivity contribution < 1.29 is 19.5 Å². The summed E-state index contributed by atoms with van der Waals surface area (Å²) in [5.41, 5.74) is 5.91. The van der Waals surface area contributed by atoms with E-state index in [2.05, 4.69) is 131 Å². The second kappa shape index (κ2) is 30.8. The van der Waals surface area contributed by atoms with Crippen molar-refractivity contribution >= 4 is 81.7 Å². The summed E-state index contributed by atoms with van der Waals surface area (Å²) < 4.78 is 0. The van der Waals surface area contributed by atoms with E-state index < -0.39 is 0 Å². The summed E-state index contributed by atoms with van der Waals surface area (Å²) in [4.78, 5) is 23.2. The standard InChI is InChI=1S/C34H40N2S2.C10H8N2.2CNS.Ru/c1-3-5-7-9-11-29-17-19-31(37-29)15-13-27-21-23-35-33(25-27)34-26-28(22-24-36-34)14-16-32-20-18-30(38-32)12-10-8-6-4-2;1-3-7-11-9(5-1)10-6-2-4-8-12-10;2*2-1-3;/h13-26H,3-12H2,1-2H3;1-8H;;;/q;;2*-1;+2/b15-13+,16-14+;;;;. The van der Waals surface area contributed by atoms with Gasteiger partial charge in [-0.05, 0) is 122 Å². The molecule has 0 aliphatic heterocycles. The molecule has 0 fully saturated rings. The second-order valence-electron chi connectivity index (χ2n) is 12.5. The van der Waals surface area contributed by atoms with Gasteiger partial charge >= 0.3 is 19.5 Å². The molecule has 6 rings (SSSR count). The normalized spacial score (nSPS) is 10.1. The average Bonchev–Trinajstić information content (AvgIpc) is 3.91. The minimum atomic E-state index is 0. The van der Waals surface area contributed by atoms with E-state index in [1.807, 2.05) is 71.5 Å². The zero-order chi connectivity index (χ0) is 40.1. The van der Waals surface area contributed by atoms with Gasteiger partial charge in [-0.25, -0.2) is 0 Å². The van der Waals surface area contributed by atoms with Crippen molar-refractivity contribution in [1.82, 2.24) is 19.9 Å². The van der Waals surface area contributed by atoms with Crippen LogP contribution in [0, 0.1) is 0 Å². The van der Waals surface area contributed by atoms with Crippen LogP contribution in [0.5, 0.6) is 0 Å². The third-order valence-electron chi connectivity index (χ3n) is 8.22. The van der Waals surface area contributed by atoms with Gasteiger partial charge < -0.3 is 10.8 Å². The monoisotopic (exact) mass is 914 g/mol. The summed E-state index contributed by atoms with van der Waals surface area (Å²) in [5.74, 6) is 0. The molecule has 6 nitrogen and oxygen atoms in total. The van der Waals surface area contributed by atoms with E-state index in [1.165, 1.54) is 94.0 Å². The Kier molecular flexibility index (Phi) is 26.4. The molecule has 0 aliphatic rings. The van der Waals surface area contributed by atoms with Crippen molar-refractivity contribution in [2.45, 2.75) is 78.1 Å². The number of pyridine rings is 4. The largest absolute Gasteiger partial charge is 2.00 e. The van der Waals surface area contributed by atoms with Crippen LogP contribution in [-0.4, -0.2) is 30.3 Å². The van der Waals surface area contributed by atoms with E-state index in [1.54, 1.807) is 12.4 Å². The van der Waals surface area contributed by atoms with E-state index in [0.717, 1.165) is 33.9 Å². The molecular formula is C46H48N6RuS4. The van der Waals surface area contributed by atoms with Crippen LogP contribution in [0.15, 0.2) is 110 Å². The van der Waals surface area contributed by atoms with E-state index in [-0.39, 0.29) is 19.5 Å². The number of hydrogen-bond acceptors (Lipinski definition) is 8. The predicted octanol–water partition coefficient (Wildman–Crippen LogP) is 14.3. The van der Waals surface area contributed by atoms with Crippen molar-refractivity contribution in [3.63, 3.8) is 0 Å². The number of isothiocyanates is 2. The molecule has 0 spiro atoms. The molecule has 6 heterocycles. The van der Waals surface area contributed by atoms with Crippen LogP contribution in [0.1, 0.15) is 95.8 Å². The average molecular weight is 914 g/mol. The SMILES string of the molecule is CCCCCCc1ccc(/C=C/c2ccnc(-c3cc(/C=C/c4ccc(CCCCCC)s4)ccn3)c2)s1.[N-]=C=S.[N-]=C=S.[Ru+2].c1ccc(-c2ccccn2)nc1. The topological polar surface area (TPSA) is 96.2 Å². The fourth-order valence-electron chi connectivity index (χ4n) is 5.46. The van der Waals surface area contributed by atoms with Crippen molar-refractivity contribution in [1.29, 1.82) is 0 Å². The van der Waals surface area contributed by atoms with Gasteiger partial charge in [0.25, 0.3) is 0 Å². The maximum absolute atomic E-state index is 7.13. The number of thiophene rings is 2. The molecule has 0 aliphatic carbocycles. The van der Waals surface area contributed by atoms with Crippen molar-refractivity contribution in [2.75, 3.05) is 0 Å². The van der Waals surface area contributed by atoms with Crippen molar-refractivity contribution in [2.24, 2.45) is 0 Å². The molecule has 0 saturated heterocycles. The molecule has 0 aromatic carbocycles. The maximum atomic E-state index is 7.13. The molecule has 0 N–H and O–H groups in total. The Hall–Kier alpha value is -4.30. The van der Waals surface area contributed by atoms with Crippen LogP contribution in [0.3, 0.4) is 0 Å². The number of aromatic nitrogens is 4. The van der Waals surface area contributed by atoms with Gasteiger partial charge in [0.1, 0.15) is 0 Å². The molecule has 6 aromatic rings. The van der Waals surface area contributed by atoms with Gasteiger partial charge in [-0.15, -0.1) is 22.7 Å². The number of unbranched alkanes of at least 4 members (excludes halogenated alkanes) is 6. The predicted molar refractivity (Wildman–Crippen MR) is 249 cm³/mol. The van der Waals surface area contributed by atoms with Gasteiger partial charge in [-0.3, -0.25) is 19.9 Å². The minimum Gasteiger partial charge on any atom is -0.753 e. The Morgan fingerprint density at radius 2 is 0.912 bits per heavy atom. The smallest absolute Gasteiger partial charge is 0.753 e. The van der Waals surface area contributed by atoms with Crippen LogP contribution in [0.4, 0.5) is 0 Å². The fourth-order valence-corrected chi connectivity index (χ4v) is 7.37. The summed E-state index contributed by atoms with van der Waals surface area (Å²) in [6.07, 6.45) is 29.0. The minimum absolute atomic E-state index is 0.